The van der Waals surface area contributed by atoms with Gasteiger partial charge in [-0.2, -0.15) is 0 Å². The Hall–Kier alpha value is -1.75. The Labute approximate surface area is 141 Å². The van der Waals surface area contributed by atoms with Crippen molar-refractivity contribution in [3.8, 4) is 10.7 Å². The van der Waals surface area contributed by atoms with E-state index in [2.05, 4.69) is 16.9 Å². The van der Waals surface area contributed by atoms with Crippen LogP contribution in [0.3, 0.4) is 0 Å². The van der Waals surface area contributed by atoms with E-state index >= 15 is 0 Å². The molecule has 2 aromatic heterocycles. The van der Waals surface area contributed by atoms with E-state index in [9.17, 15) is 4.79 Å². The Kier molecular flexibility index (Phi) is 4.76. The average molecular weight is 329 g/mol. The Morgan fingerprint density at radius 3 is 2.65 bits per heavy atom. The van der Waals surface area contributed by atoms with E-state index in [-0.39, 0.29) is 5.91 Å². The SMILES string of the molecule is Cc1nc(-c2ccccn2)sc1C(=O)N(C)C1CCC(C)CC1. The van der Waals surface area contributed by atoms with Crippen molar-refractivity contribution in [3.05, 3.63) is 35.0 Å². The highest BCUT2D eigenvalue weighted by Crippen LogP contribution is 2.30. The normalized spacial score (nSPS) is 21.2. The van der Waals surface area contributed by atoms with Crippen LogP contribution < -0.4 is 0 Å². The summed E-state index contributed by atoms with van der Waals surface area (Å²) in [6.45, 7) is 4.21. The van der Waals surface area contributed by atoms with Gasteiger partial charge < -0.3 is 4.90 Å². The molecule has 0 aliphatic heterocycles. The van der Waals surface area contributed by atoms with Gasteiger partial charge in [0.1, 0.15) is 9.88 Å². The van der Waals surface area contributed by atoms with Crippen LogP contribution in [0.4, 0.5) is 0 Å². The van der Waals surface area contributed by atoms with Gasteiger partial charge in [0.2, 0.25) is 0 Å². The smallest absolute Gasteiger partial charge is 0.265 e. The van der Waals surface area contributed by atoms with Crippen LogP contribution in [0.1, 0.15) is 48.0 Å². The first kappa shape index (κ1) is 16.1. The standard InChI is InChI=1S/C18H23N3OS/c1-12-7-9-14(10-8-12)21(3)18(22)16-13(2)20-17(23-16)15-6-4-5-11-19-15/h4-6,11-12,14H,7-10H2,1-3H3. The molecule has 1 saturated carbocycles. The molecule has 0 aromatic carbocycles. The highest BCUT2D eigenvalue weighted by atomic mass is 32.1. The summed E-state index contributed by atoms with van der Waals surface area (Å²) in [6.07, 6.45) is 6.39. The molecule has 0 atom stereocenters. The third kappa shape index (κ3) is 3.44. The van der Waals surface area contributed by atoms with Crippen molar-refractivity contribution in [2.45, 2.75) is 45.6 Å². The summed E-state index contributed by atoms with van der Waals surface area (Å²) in [7, 11) is 1.93. The van der Waals surface area contributed by atoms with Crippen molar-refractivity contribution in [1.82, 2.24) is 14.9 Å². The highest BCUT2D eigenvalue weighted by Gasteiger charge is 2.27. The van der Waals surface area contributed by atoms with Gasteiger partial charge in [-0.3, -0.25) is 9.78 Å². The number of carbonyl (C=O) groups excluding carboxylic acids is 1. The number of aryl methyl sites for hydroxylation is 1. The molecule has 0 spiro atoms. The van der Waals surface area contributed by atoms with Gasteiger partial charge >= 0.3 is 0 Å². The molecule has 122 valence electrons. The zero-order valence-electron chi connectivity index (χ0n) is 14.0. The van der Waals surface area contributed by atoms with Crippen LogP contribution in [0, 0.1) is 12.8 Å². The van der Waals surface area contributed by atoms with Gasteiger partial charge in [-0.05, 0) is 50.7 Å². The first-order chi connectivity index (χ1) is 11.1. The molecule has 0 N–H and O–H groups in total. The molecular weight excluding hydrogens is 306 g/mol. The molecule has 1 amide bonds. The topological polar surface area (TPSA) is 46.1 Å². The molecule has 2 heterocycles. The van der Waals surface area contributed by atoms with Crippen LogP contribution in [0.15, 0.2) is 24.4 Å². The lowest BCUT2D eigenvalue weighted by Gasteiger charge is -2.33. The maximum Gasteiger partial charge on any atom is 0.265 e. The number of rotatable bonds is 3. The van der Waals surface area contributed by atoms with Crippen LogP contribution in [0.2, 0.25) is 0 Å². The molecular formula is C18H23N3OS. The number of thiazole rings is 1. The molecule has 1 fully saturated rings. The summed E-state index contributed by atoms with van der Waals surface area (Å²) in [5, 5.41) is 0.817. The Balaban J connectivity index is 1.78. The molecule has 1 aliphatic carbocycles. The zero-order valence-corrected chi connectivity index (χ0v) is 14.8. The minimum absolute atomic E-state index is 0.0988. The molecule has 5 heteroatoms. The fourth-order valence-corrected chi connectivity index (χ4v) is 4.18. The second-order valence-corrected chi connectivity index (χ2v) is 7.48. The molecule has 0 radical (unpaired) electrons. The molecule has 3 rings (SSSR count). The highest BCUT2D eigenvalue weighted by molar-refractivity contribution is 7.17. The van der Waals surface area contributed by atoms with Crippen molar-refractivity contribution in [2.75, 3.05) is 7.05 Å². The first-order valence-corrected chi connectivity index (χ1v) is 9.04. The van der Waals surface area contributed by atoms with Gasteiger partial charge in [0.05, 0.1) is 11.4 Å². The number of amides is 1. The van der Waals surface area contributed by atoms with Gasteiger partial charge in [0.25, 0.3) is 5.91 Å². The fourth-order valence-electron chi connectivity index (χ4n) is 3.15. The van der Waals surface area contributed by atoms with E-state index in [1.54, 1.807) is 6.20 Å². The van der Waals surface area contributed by atoms with E-state index in [4.69, 9.17) is 0 Å². The summed E-state index contributed by atoms with van der Waals surface area (Å²) in [4.78, 5) is 24.4. The van der Waals surface area contributed by atoms with Crippen LogP contribution in [-0.2, 0) is 0 Å². The van der Waals surface area contributed by atoms with Crippen LogP contribution >= 0.6 is 11.3 Å². The van der Waals surface area contributed by atoms with E-state index in [0.29, 0.717) is 6.04 Å². The monoisotopic (exact) mass is 329 g/mol. The number of aromatic nitrogens is 2. The lowest BCUT2D eigenvalue weighted by molar-refractivity contribution is 0.0683. The molecule has 2 aromatic rings. The van der Waals surface area contributed by atoms with E-state index < -0.39 is 0 Å². The lowest BCUT2D eigenvalue weighted by Crippen LogP contribution is -2.39. The predicted molar refractivity (Wildman–Crippen MR) is 93.6 cm³/mol. The van der Waals surface area contributed by atoms with Crippen molar-refractivity contribution in [3.63, 3.8) is 0 Å². The van der Waals surface area contributed by atoms with Gasteiger partial charge in [0, 0.05) is 19.3 Å². The molecule has 23 heavy (non-hydrogen) atoms. The van der Waals surface area contributed by atoms with Crippen molar-refractivity contribution in [2.24, 2.45) is 5.92 Å². The Morgan fingerprint density at radius 2 is 2.00 bits per heavy atom. The van der Waals surface area contributed by atoms with E-state index in [1.165, 1.54) is 24.2 Å². The number of pyridine rings is 1. The third-order valence-electron chi connectivity index (χ3n) is 4.73. The van der Waals surface area contributed by atoms with Crippen LogP contribution in [-0.4, -0.2) is 33.9 Å². The molecule has 0 bridgehead atoms. The summed E-state index contributed by atoms with van der Waals surface area (Å²) < 4.78 is 0. The van der Waals surface area contributed by atoms with Gasteiger partial charge in [-0.15, -0.1) is 11.3 Å². The quantitative estimate of drug-likeness (QED) is 0.849. The first-order valence-electron chi connectivity index (χ1n) is 8.22. The Morgan fingerprint density at radius 1 is 1.26 bits per heavy atom. The third-order valence-corrected chi connectivity index (χ3v) is 5.90. The van der Waals surface area contributed by atoms with Gasteiger partial charge in [-0.25, -0.2) is 4.98 Å². The van der Waals surface area contributed by atoms with E-state index in [0.717, 1.165) is 40.0 Å². The largest absolute Gasteiger partial charge is 0.338 e. The lowest BCUT2D eigenvalue weighted by atomic mass is 9.87. The second kappa shape index (κ2) is 6.79. The number of hydrogen-bond acceptors (Lipinski definition) is 4. The van der Waals surface area contributed by atoms with Crippen molar-refractivity contribution >= 4 is 17.2 Å². The van der Waals surface area contributed by atoms with Crippen LogP contribution in [0.5, 0.6) is 0 Å². The maximum absolute atomic E-state index is 12.9. The minimum atomic E-state index is 0.0988. The zero-order chi connectivity index (χ0) is 16.4. The average Bonchev–Trinajstić information content (AvgIpc) is 2.97. The Bertz CT molecular complexity index is 675. The summed E-state index contributed by atoms with van der Waals surface area (Å²) in [6, 6.07) is 6.11. The minimum Gasteiger partial charge on any atom is -0.338 e. The van der Waals surface area contributed by atoms with Crippen molar-refractivity contribution in [1.29, 1.82) is 0 Å². The number of carbonyl (C=O) groups is 1. The number of hydrogen-bond donors (Lipinski definition) is 0. The number of nitrogens with zero attached hydrogens (tertiary/aromatic N) is 3. The molecule has 1 aliphatic rings. The fraction of sp³-hybridized carbons (Fsp3) is 0.500. The van der Waals surface area contributed by atoms with Gasteiger partial charge in [0.15, 0.2) is 0 Å². The molecule has 0 unspecified atom stereocenters. The summed E-state index contributed by atoms with van der Waals surface area (Å²) >= 11 is 1.45. The van der Waals surface area contributed by atoms with Crippen LogP contribution in [0.25, 0.3) is 10.7 Å². The predicted octanol–water partition coefficient (Wildman–Crippen LogP) is 4.16. The van der Waals surface area contributed by atoms with E-state index in [1.807, 2.05) is 37.1 Å². The summed E-state index contributed by atoms with van der Waals surface area (Å²) in [5.74, 6) is 0.886. The summed E-state index contributed by atoms with van der Waals surface area (Å²) in [5.41, 5.74) is 1.63. The second-order valence-electron chi connectivity index (χ2n) is 6.48. The van der Waals surface area contributed by atoms with Crippen molar-refractivity contribution < 1.29 is 4.79 Å². The maximum atomic E-state index is 12.9. The molecule has 4 nitrogen and oxygen atoms in total. The van der Waals surface area contributed by atoms with Gasteiger partial charge in [-0.1, -0.05) is 13.0 Å². The molecule has 0 saturated heterocycles.